The number of aliphatic hydroxyl groups excluding tert-OH is 4. The number of fused-ring (bicyclic) bond motifs is 6. The van der Waals surface area contributed by atoms with Crippen molar-refractivity contribution in [3.05, 3.63) is 94.1 Å². The predicted molar refractivity (Wildman–Crippen MR) is 433 cm³/mol. The second kappa shape index (κ2) is 36.4. The molecule has 4 saturated carbocycles. The Morgan fingerprint density at radius 2 is 0.868 bits per heavy atom. The fourth-order valence-electron chi connectivity index (χ4n) is 19.7. The molecule has 0 spiro atoms. The molecule has 2 heterocycles. The number of Topliss-reactive ketones (excluding diaryl/α,β-unsaturated/α-hetero) is 2. The van der Waals surface area contributed by atoms with Gasteiger partial charge in [-0.05, 0) is 175 Å². The molecule has 640 valence electrons. The molecule has 2 aromatic rings. The van der Waals surface area contributed by atoms with Crippen molar-refractivity contribution in [2.24, 2.45) is 57.2 Å². The van der Waals surface area contributed by atoms with Crippen molar-refractivity contribution in [3.8, 4) is 0 Å². The Hall–Kier alpha value is -5.89. The van der Waals surface area contributed by atoms with Crippen LogP contribution in [-0.4, -0.2) is 204 Å². The van der Waals surface area contributed by atoms with Gasteiger partial charge in [-0.1, -0.05) is 147 Å². The quantitative estimate of drug-likeness (QED) is 0.0199. The third-order valence-corrected chi connectivity index (χ3v) is 37.3. The SMILES string of the molecule is CC(=O)O[C@@]12CO[C@@H]1C[C@H](O)[C@@]1(C)C(=O)[C@H](O)/C(=C(\C)[C@H](C)OC(=O)C(O)[C@@H](C)CC(C)C)C(C)(C)[C@](C)(O)[C@@H](OC(=O)c3ccccc3)[C@H]21.CC[Si](CC)(CC)OC(C(=O)O[C@@H](C)/C(C)=C1/[C@@H](O)C(=O)[C@]2(C)[C@@H](O[Si](CC)(CC)CC)C[C@H]3OC[C@@]3(OC(C)=O)[C@H]2[C@H](OC(=O)c2ccccc2)[C@@](C)(O)C1(C)C)[C@@H](C)CC(C)C. The van der Waals surface area contributed by atoms with Gasteiger partial charge in [0.25, 0.3) is 0 Å². The van der Waals surface area contributed by atoms with E-state index >= 15 is 4.79 Å². The number of ketones is 2. The smallest absolute Gasteiger partial charge is 0.338 e. The van der Waals surface area contributed by atoms with Crippen LogP contribution >= 0.6 is 0 Å². The van der Waals surface area contributed by atoms with Crippen LogP contribution in [0.15, 0.2) is 83.0 Å². The van der Waals surface area contributed by atoms with E-state index in [1.54, 1.807) is 111 Å². The fourth-order valence-corrected chi connectivity index (χ4v) is 25.5. The van der Waals surface area contributed by atoms with E-state index in [-0.39, 0.29) is 65.7 Å². The average molecular weight is 1630 g/mol. The summed E-state index contributed by atoms with van der Waals surface area (Å²) in [4.78, 5) is 112. The summed E-state index contributed by atoms with van der Waals surface area (Å²) in [6.45, 7) is 45.7. The fraction of sp³-hybridized carbons (Fsp3) is 0.727. The first-order chi connectivity index (χ1) is 52.8. The lowest BCUT2D eigenvalue weighted by atomic mass is 9.46. The van der Waals surface area contributed by atoms with Crippen LogP contribution in [0, 0.1) is 57.2 Å². The monoisotopic (exact) mass is 1630 g/mol. The zero-order valence-electron chi connectivity index (χ0n) is 72.7. The Bertz CT molecular complexity index is 3810. The molecule has 0 bridgehead atoms. The molecule has 2 unspecified atom stereocenters. The van der Waals surface area contributed by atoms with Crippen LogP contribution in [0.25, 0.3) is 0 Å². The van der Waals surface area contributed by atoms with Crippen LogP contribution in [-0.2, 0) is 75.5 Å². The van der Waals surface area contributed by atoms with E-state index < -0.39 is 199 Å². The minimum absolute atomic E-state index is 0.0151. The van der Waals surface area contributed by atoms with E-state index in [9.17, 15) is 64.2 Å². The summed E-state index contributed by atoms with van der Waals surface area (Å²) in [6.07, 6.45) is -14.1. The average Bonchev–Trinajstić information content (AvgIpc) is 0.679. The lowest BCUT2D eigenvalue weighted by Gasteiger charge is -2.67. The first kappa shape index (κ1) is 95.3. The molecule has 2 saturated heterocycles. The molecule has 0 aromatic heterocycles. The third-order valence-electron chi connectivity index (χ3n) is 28.0. The second-order valence-electron chi connectivity index (χ2n) is 36.3. The molecule has 22 atom stereocenters. The lowest BCUT2D eigenvalue weighted by Crippen LogP contribution is -2.81. The van der Waals surface area contributed by atoms with Crippen molar-refractivity contribution in [3.63, 3.8) is 0 Å². The first-order valence-electron chi connectivity index (χ1n) is 41.4. The summed E-state index contributed by atoms with van der Waals surface area (Å²) in [6, 6.07) is 21.2. The molecule has 2 aromatic carbocycles. The van der Waals surface area contributed by atoms with Gasteiger partial charge in [-0.25, -0.2) is 19.2 Å². The maximum atomic E-state index is 16.0. The Balaban J connectivity index is 0.000000325. The Morgan fingerprint density at radius 1 is 0.509 bits per heavy atom. The molecular weight excluding hydrogens is 1500 g/mol. The van der Waals surface area contributed by atoms with Crippen LogP contribution in [0.3, 0.4) is 0 Å². The van der Waals surface area contributed by atoms with Gasteiger partial charge in [0.2, 0.25) is 0 Å². The second-order valence-corrected chi connectivity index (χ2v) is 45.8. The molecular formula is C88H136O24Si2. The molecule has 6 fully saturated rings. The van der Waals surface area contributed by atoms with Crippen LogP contribution in [0.2, 0.25) is 36.3 Å². The standard InChI is InChI=1S/C50H82O12Si2.C38H54O12/c1-17-63(18-2,19-3)61-37-29-38-50(30-57-38,60-35(12)51)42-44(59-45(54)36-26-24-23-25-27-36)49(16,56)47(13,14)39(40(52)43(53)48(37,42)15)33(10)34(11)58-46(55)41(32(9)28-31(7)8)62-64(20-4,21-5)22-6;1-19(2)16-20(3)28(41)34(45)48-22(5)21(4)27-29(42)31(43)36(9)25(40)17-26-38(18-47-26,50-23(6)39)30(36)32(37(10,46)35(27,7)8)49-33(44)24-14-12-11-13-15-24/h23-27,31-32,34,37-38,40-42,44,52,56H,17-22,28-30H2,1-16H3;11-15,19-20,22,25-26,28-30,32,40-42,46H,16-18H2,1-10H3/b39-33-;27-21-/t32-,34-,37-,38+,40+,41?,42-,44-,48+,49+,50-;20-,22-,25-,26+,28?,29+,30-,32-,36+,37+,38-/m00/s1. The molecule has 24 nitrogen and oxygen atoms in total. The highest BCUT2D eigenvalue weighted by Gasteiger charge is 2.79. The number of rotatable bonds is 28. The lowest BCUT2D eigenvalue weighted by molar-refractivity contribution is -0.343. The van der Waals surface area contributed by atoms with Crippen molar-refractivity contribution < 1.29 is 116 Å². The van der Waals surface area contributed by atoms with Crippen LogP contribution in [0.4, 0.5) is 0 Å². The van der Waals surface area contributed by atoms with Crippen LogP contribution in [0.5, 0.6) is 0 Å². The van der Waals surface area contributed by atoms with Gasteiger partial charge in [0.1, 0.15) is 66.1 Å². The van der Waals surface area contributed by atoms with E-state index in [2.05, 4.69) is 55.4 Å². The molecule has 0 radical (unpaired) electrons. The molecule has 8 rings (SSSR count). The van der Waals surface area contributed by atoms with Crippen molar-refractivity contribution >= 4 is 64.0 Å². The summed E-state index contributed by atoms with van der Waals surface area (Å²) in [5.41, 5.74) is -13.2. The largest absolute Gasteiger partial charge is 0.456 e. The van der Waals surface area contributed by atoms with Crippen molar-refractivity contribution in [2.45, 2.75) is 338 Å². The van der Waals surface area contributed by atoms with Gasteiger partial charge in [-0.15, -0.1) is 0 Å². The zero-order chi connectivity index (χ0) is 86.1. The molecule has 4 aliphatic carbocycles. The number of esters is 6. The maximum Gasteiger partial charge on any atom is 0.338 e. The van der Waals surface area contributed by atoms with E-state index in [0.717, 1.165) is 42.7 Å². The highest BCUT2D eigenvalue weighted by Crippen LogP contribution is 2.65. The molecule has 0 amide bonds. The van der Waals surface area contributed by atoms with Crippen molar-refractivity contribution in [1.29, 1.82) is 0 Å². The number of ether oxygens (including phenoxy) is 8. The molecule has 6 N–H and O–H groups in total. The van der Waals surface area contributed by atoms with Gasteiger partial charge < -0.3 is 77.4 Å². The number of carbonyl (C=O) groups is 8. The van der Waals surface area contributed by atoms with Gasteiger partial charge in [0, 0.05) is 37.5 Å². The van der Waals surface area contributed by atoms with E-state index in [4.69, 9.17) is 46.7 Å². The van der Waals surface area contributed by atoms with Crippen LogP contribution < -0.4 is 0 Å². The minimum atomic E-state index is -2.54. The van der Waals surface area contributed by atoms with Gasteiger partial charge in [0.05, 0.1) is 59.2 Å². The third kappa shape index (κ3) is 17.6. The number of carbonyl (C=O) groups excluding carboxylic acids is 8. The number of hydrogen-bond donors (Lipinski definition) is 6. The van der Waals surface area contributed by atoms with Crippen LogP contribution in [0.1, 0.15) is 226 Å². The Kier molecular flexibility index (Phi) is 30.4. The summed E-state index contributed by atoms with van der Waals surface area (Å²) in [5.74, 6) is -8.52. The highest BCUT2D eigenvalue weighted by atomic mass is 28.4. The molecule has 114 heavy (non-hydrogen) atoms. The summed E-state index contributed by atoms with van der Waals surface area (Å²) in [5, 5.41) is 73.9. The zero-order valence-corrected chi connectivity index (χ0v) is 74.7. The minimum Gasteiger partial charge on any atom is -0.456 e. The Morgan fingerprint density at radius 3 is 1.23 bits per heavy atom. The maximum absolute atomic E-state index is 16.0. The summed E-state index contributed by atoms with van der Waals surface area (Å²) >= 11 is 0. The molecule has 6 aliphatic rings. The van der Waals surface area contributed by atoms with Gasteiger partial charge in [-0.2, -0.15) is 0 Å². The normalized spacial score (nSPS) is 33.6. The van der Waals surface area contributed by atoms with E-state index in [0.29, 0.717) is 17.9 Å². The van der Waals surface area contributed by atoms with Gasteiger partial charge in [-0.3, -0.25) is 19.2 Å². The summed E-state index contributed by atoms with van der Waals surface area (Å²) < 4.78 is 63.2. The predicted octanol–water partition coefficient (Wildman–Crippen LogP) is 12.7. The molecule has 26 heteroatoms. The topological polar surface area (TPSA) is 350 Å². The first-order valence-corrected chi connectivity index (χ1v) is 46.5. The number of aliphatic hydroxyl groups is 6. The van der Waals surface area contributed by atoms with Crippen molar-refractivity contribution in [1.82, 2.24) is 0 Å². The number of benzene rings is 2. The Labute approximate surface area is 678 Å². The van der Waals surface area contributed by atoms with Gasteiger partial charge in [0.15, 0.2) is 45.5 Å². The number of hydrogen-bond acceptors (Lipinski definition) is 24. The van der Waals surface area contributed by atoms with E-state index in [1.165, 1.54) is 53.7 Å². The highest BCUT2D eigenvalue weighted by molar-refractivity contribution is 6.74. The van der Waals surface area contributed by atoms with Gasteiger partial charge >= 0.3 is 35.8 Å². The molecule has 2 aliphatic heterocycles. The van der Waals surface area contributed by atoms with E-state index in [1.807, 2.05) is 20.8 Å². The summed E-state index contributed by atoms with van der Waals surface area (Å²) in [7, 11) is -4.83. The van der Waals surface area contributed by atoms with Crippen molar-refractivity contribution in [2.75, 3.05) is 13.2 Å².